The summed E-state index contributed by atoms with van der Waals surface area (Å²) in [5.41, 5.74) is 0. The molecular weight excluding hydrogens is 252 g/mol. The topological polar surface area (TPSA) is 84.9 Å². The third-order valence-electron chi connectivity index (χ3n) is 2.97. The normalized spacial score (nSPS) is 15.8. The van der Waals surface area contributed by atoms with E-state index in [2.05, 4.69) is 14.8 Å². The van der Waals surface area contributed by atoms with Gasteiger partial charge in [0.2, 0.25) is 5.91 Å². The molecule has 0 saturated heterocycles. The molecule has 0 aromatic rings. The van der Waals surface area contributed by atoms with Crippen LogP contribution in [0.15, 0.2) is 0 Å². The van der Waals surface area contributed by atoms with Crippen molar-refractivity contribution in [2.45, 2.75) is 31.8 Å². The summed E-state index contributed by atoms with van der Waals surface area (Å²) in [5, 5.41) is 2.83. The Morgan fingerprint density at radius 2 is 1.63 bits per heavy atom. The first kappa shape index (κ1) is 15.4. The van der Waals surface area contributed by atoms with Crippen LogP contribution < -0.4 is 5.32 Å². The third-order valence-corrected chi connectivity index (χ3v) is 2.97. The summed E-state index contributed by atoms with van der Waals surface area (Å²) in [6.45, 7) is 1.37. The van der Waals surface area contributed by atoms with Gasteiger partial charge in [-0.2, -0.15) is 0 Å². The second-order valence-corrected chi connectivity index (χ2v) is 4.52. The number of methoxy groups -OCH3 is 2. The molecule has 7 nitrogen and oxygen atoms in total. The first-order chi connectivity index (χ1) is 8.97. The number of amides is 1. The zero-order chi connectivity index (χ0) is 14.4. The lowest BCUT2D eigenvalue weighted by Gasteiger charge is -2.25. The number of carbonyl (C=O) groups is 3. The summed E-state index contributed by atoms with van der Waals surface area (Å²) in [4.78, 5) is 36.0. The van der Waals surface area contributed by atoms with Gasteiger partial charge in [-0.25, -0.2) is 0 Å². The second-order valence-electron chi connectivity index (χ2n) is 4.52. The van der Waals surface area contributed by atoms with E-state index in [1.807, 2.05) is 0 Å². The van der Waals surface area contributed by atoms with Gasteiger partial charge in [0, 0.05) is 6.04 Å². The fourth-order valence-corrected chi connectivity index (χ4v) is 1.51. The average molecular weight is 272 g/mol. The quantitative estimate of drug-likeness (QED) is 0.617. The molecule has 0 aliphatic heterocycles. The van der Waals surface area contributed by atoms with Crippen molar-refractivity contribution in [1.82, 2.24) is 10.2 Å². The van der Waals surface area contributed by atoms with Crippen molar-refractivity contribution in [2.24, 2.45) is 0 Å². The van der Waals surface area contributed by atoms with E-state index >= 15 is 0 Å². The molecule has 1 N–H and O–H groups in total. The van der Waals surface area contributed by atoms with Gasteiger partial charge in [0.25, 0.3) is 0 Å². The maximum atomic E-state index is 11.9. The second kappa shape index (κ2) is 7.08. The Morgan fingerprint density at radius 1 is 1.16 bits per heavy atom. The van der Waals surface area contributed by atoms with Crippen LogP contribution >= 0.6 is 0 Å². The molecule has 1 amide bonds. The first-order valence-electron chi connectivity index (χ1n) is 6.16. The minimum absolute atomic E-state index is 0.134. The summed E-state index contributed by atoms with van der Waals surface area (Å²) in [7, 11) is 2.52. The molecule has 1 unspecified atom stereocenters. The molecule has 0 heterocycles. The summed E-state index contributed by atoms with van der Waals surface area (Å²) >= 11 is 0. The highest BCUT2D eigenvalue weighted by Gasteiger charge is 2.30. The lowest BCUT2D eigenvalue weighted by Crippen LogP contribution is -2.49. The van der Waals surface area contributed by atoms with Crippen LogP contribution in [0.25, 0.3) is 0 Å². The standard InChI is InChI=1S/C12H20N2O5/c1-8(12(17)13-9-4-5-9)14(6-10(15)18-2)7-11(16)19-3/h8-9H,4-7H2,1-3H3,(H,13,17). The lowest BCUT2D eigenvalue weighted by molar-refractivity contribution is -0.147. The molecule has 108 valence electrons. The average Bonchev–Trinajstić information content (AvgIpc) is 3.20. The molecular formula is C12H20N2O5. The Bertz CT molecular complexity index is 336. The van der Waals surface area contributed by atoms with Crippen LogP contribution in [-0.2, 0) is 23.9 Å². The Morgan fingerprint density at radius 3 is 2.00 bits per heavy atom. The number of hydrogen-bond donors (Lipinski definition) is 1. The van der Waals surface area contributed by atoms with Gasteiger partial charge in [0.1, 0.15) is 0 Å². The molecule has 1 aliphatic rings. The van der Waals surface area contributed by atoms with Crippen LogP contribution in [0.2, 0.25) is 0 Å². The van der Waals surface area contributed by atoms with E-state index in [1.165, 1.54) is 19.1 Å². The van der Waals surface area contributed by atoms with E-state index in [0.29, 0.717) is 0 Å². The molecule has 19 heavy (non-hydrogen) atoms. The van der Waals surface area contributed by atoms with Gasteiger partial charge in [0.15, 0.2) is 0 Å². The van der Waals surface area contributed by atoms with Gasteiger partial charge in [-0.05, 0) is 19.8 Å². The van der Waals surface area contributed by atoms with Crippen LogP contribution in [0.5, 0.6) is 0 Å². The minimum Gasteiger partial charge on any atom is -0.468 e. The SMILES string of the molecule is COC(=O)CN(CC(=O)OC)C(C)C(=O)NC1CC1. The van der Waals surface area contributed by atoms with Crippen LogP contribution in [-0.4, -0.2) is 62.1 Å². The zero-order valence-electron chi connectivity index (χ0n) is 11.5. The molecule has 7 heteroatoms. The number of nitrogens with one attached hydrogen (secondary N) is 1. The van der Waals surface area contributed by atoms with Gasteiger partial charge < -0.3 is 14.8 Å². The Kier molecular flexibility index (Phi) is 5.75. The van der Waals surface area contributed by atoms with Crippen molar-refractivity contribution >= 4 is 17.8 Å². The predicted molar refractivity (Wildman–Crippen MR) is 66.2 cm³/mol. The lowest BCUT2D eigenvalue weighted by atomic mass is 10.2. The fourth-order valence-electron chi connectivity index (χ4n) is 1.51. The summed E-state index contributed by atoms with van der Waals surface area (Å²) in [6.07, 6.45) is 1.96. The van der Waals surface area contributed by atoms with Crippen LogP contribution in [0.1, 0.15) is 19.8 Å². The van der Waals surface area contributed by atoms with Crippen LogP contribution in [0.3, 0.4) is 0 Å². The number of rotatable bonds is 7. The minimum atomic E-state index is -0.598. The number of hydrogen-bond acceptors (Lipinski definition) is 6. The van der Waals surface area contributed by atoms with E-state index in [4.69, 9.17) is 0 Å². The Balaban J connectivity index is 2.60. The Hall–Kier alpha value is -1.63. The largest absolute Gasteiger partial charge is 0.468 e. The molecule has 1 saturated carbocycles. The molecule has 0 aromatic heterocycles. The van der Waals surface area contributed by atoms with E-state index < -0.39 is 18.0 Å². The number of nitrogens with zero attached hydrogens (tertiary/aromatic N) is 1. The van der Waals surface area contributed by atoms with Crippen molar-refractivity contribution in [2.75, 3.05) is 27.3 Å². The smallest absolute Gasteiger partial charge is 0.319 e. The van der Waals surface area contributed by atoms with E-state index in [-0.39, 0.29) is 25.0 Å². The monoisotopic (exact) mass is 272 g/mol. The summed E-state index contributed by atoms with van der Waals surface area (Å²) in [6, 6.07) is -0.369. The van der Waals surface area contributed by atoms with Gasteiger partial charge in [-0.1, -0.05) is 0 Å². The molecule has 1 aliphatic carbocycles. The van der Waals surface area contributed by atoms with Gasteiger partial charge in [-0.3, -0.25) is 19.3 Å². The van der Waals surface area contributed by atoms with E-state index in [0.717, 1.165) is 12.8 Å². The van der Waals surface area contributed by atoms with Gasteiger partial charge in [-0.15, -0.1) is 0 Å². The van der Waals surface area contributed by atoms with Crippen molar-refractivity contribution < 1.29 is 23.9 Å². The highest BCUT2D eigenvalue weighted by molar-refractivity contribution is 5.84. The van der Waals surface area contributed by atoms with Crippen molar-refractivity contribution in [3.05, 3.63) is 0 Å². The number of carbonyl (C=O) groups excluding carboxylic acids is 3. The summed E-state index contributed by atoms with van der Waals surface area (Å²) in [5.74, 6) is -1.21. The van der Waals surface area contributed by atoms with Crippen LogP contribution in [0.4, 0.5) is 0 Å². The highest BCUT2D eigenvalue weighted by Crippen LogP contribution is 2.19. The molecule has 1 fully saturated rings. The van der Waals surface area contributed by atoms with E-state index in [1.54, 1.807) is 6.92 Å². The first-order valence-corrected chi connectivity index (χ1v) is 6.16. The highest BCUT2D eigenvalue weighted by atomic mass is 16.5. The molecule has 1 atom stereocenters. The van der Waals surface area contributed by atoms with Crippen molar-refractivity contribution in [1.29, 1.82) is 0 Å². The molecule has 0 aromatic carbocycles. The zero-order valence-corrected chi connectivity index (χ0v) is 11.5. The maximum Gasteiger partial charge on any atom is 0.319 e. The molecule has 1 rings (SSSR count). The van der Waals surface area contributed by atoms with Crippen LogP contribution in [0, 0.1) is 0 Å². The summed E-state index contributed by atoms with van der Waals surface area (Å²) < 4.78 is 9.11. The van der Waals surface area contributed by atoms with Gasteiger partial charge in [0.05, 0.1) is 33.4 Å². The predicted octanol–water partition coefficient (Wildman–Crippen LogP) is -0.698. The maximum absolute atomic E-state index is 11.9. The number of ether oxygens (including phenoxy) is 2. The molecule has 0 spiro atoms. The van der Waals surface area contributed by atoms with E-state index in [9.17, 15) is 14.4 Å². The Labute approximate surface area is 112 Å². The third kappa shape index (κ3) is 5.25. The fraction of sp³-hybridized carbons (Fsp3) is 0.750. The number of esters is 2. The van der Waals surface area contributed by atoms with Crippen molar-refractivity contribution in [3.8, 4) is 0 Å². The molecule has 0 radical (unpaired) electrons. The van der Waals surface area contributed by atoms with Crippen molar-refractivity contribution in [3.63, 3.8) is 0 Å². The van der Waals surface area contributed by atoms with Gasteiger partial charge >= 0.3 is 11.9 Å². The molecule has 0 bridgehead atoms.